The van der Waals surface area contributed by atoms with E-state index in [1.165, 1.54) is 26.0 Å². The Morgan fingerprint density at radius 3 is 1.20 bits per heavy atom. The molecule has 0 aromatic heterocycles. The number of aryl methyl sites for hydroxylation is 1. The number of hydrogen-bond acceptors (Lipinski definition) is 11. The van der Waals surface area contributed by atoms with Gasteiger partial charge in [-0.15, -0.1) is 15.5 Å². The number of hydrogen-bond donors (Lipinski definition) is 4. The quantitative estimate of drug-likeness (QED) is 0.0598. The van der Waals surface area contributed by atoms with Crippen LogP contribution < -0.4 is 0 Å². The van der Waals surface area contributed by atoms with E-state index in [4.69, 9.17) is 18.9 Å². The van der Waals surface area contributed by atoms with Gasteiger partial charge in [-0.1, -0.05) is 154 Å². The Hall–Kier alpha value is -4.99. The third-order valence-electron chi connectivity index (χ3n) is 26.9. The van der Waals surface area contributed by atoms with Gasteiger partial charge in [0.1, 0.15) is 11.2 Å². The molecule has 2 heterocycles. The van der Waals surface area contributed by atoms with E-state index in [2.05, 4.69) is 17.6 Å². The number of ether oxygens (including phenoxy) is 4. The average molecular weight is 1550 g/mol. The fourth-order valence-electron chi connectivity index (χ4n) is 21.0. The first-order valence-corrected chi connectivity index (χ1v) is 41.5. The molecule has 8 fully saturated rings. The Balaban J connectivity index is 0.000000183. The number of aliphatic hydroxyl groups is 4. The van der Waals surface area contributed by atoms with E-state index < -0.39 is 132 Å². The smallest absolute Gasteiger partial charge is 0.385 e. The van der Waals surface area contributed by atoms with Crippen molar-refractivity contribution < 1.29 is 91.7 Å². The topological polar surface area (TPSA) is 164 Å². The number of thioether (sulfide) groups is 1. The molecule has 2 saturated heterocycles. The fourth-order valence-corrected chi connectivity index (χ4v) is 24.3. The van der Waals surface area contributed by atoms with Crippen molar-refractivity contribution in [3.8, 4) is 22.3 Å². The summed E-state index contributed by atoms with van der Waals surface area (Å²) in [5, 5.41) is 48.2. The van der Waals surface area contributed by atoms with Crippen LogP contribution in [0.1, 0.15) is 173 Å². The maximum atomic E-state index is 15.6. The Bertz CT molecular complexity index is 4410. The predicted molar refractivity (Wildman–Crippen MR) is 390 cm³/mol. The number of alkyl halides is 10. The first-order valence-electron chi connectivity index (χ1n) is 37.3. The van der Waals surface area contributed by atoms with E-state index in [1.807, 2.05) is 124 Å². The SMILES string of the molecule is CSc1ccc(-c2ccc([C@H]3C[C@@]4(C)C(CC[C@@]4(O)C(F)(F)C(F)(F)F)C4CC[C@@]5(O)CC6(CCC5=C43)OCC(C)(C)CO6)cc2)cc1.Cc1ccc(S(=O)(=O)N=S(C)c2ccc(-c3ccc([C@H]4C[C@@]5(C)C(CC[C@@]5(O)C(F)(F)C(F)(F)F)C5CC[C@@]6(O)CC7(CCC6=C54)OCC(C)(C)CO7)cc3)cc2)cc1. The summed E-state index contributed by atoms with van der Waals surface area (Å²) in [5.41, 5.74) is -3.46. The van der Waals surface area contributed by atoms with Gasteiger partial charge in [-0.05, 0) is 201 Å². The molecule has 6 saturated carbocycles. The lowest BCUT2D eigenvalue weighted by Gasteiger charge is -2.59. The third-order valence-corrected chi connectivity index (χ3v) is 31.1. The molecule has 107 heavy (non-hydrogen) atoms. The number of fused-ring (bicyclic) bond motifs is 8. The minimum atomic E-state index is -5.94. The highest BCUT2D eigenvalue weighted by Gasteiger charge is 2.81. The molecule has 13 atom stereocenters. The Kier molecular flexibility index (Phi) is 19.7. The van der Waals surface area contributed by atoms with Crippen LogP contribution in [-0.4, -0.2) is 126 Å². The van der Waals surface area contributed by atoms with Crippen molar-refractivity contribution in [1.82, 2.24) is 0 Å². The van der Waals surface area contributed by atoms with E-state index in [1.54, 1.807) is 30.2 Å². The summed E-state index contributed by atoms with van der Waals surface area (Å²) in [7, 11) is -4.85. The second-order valence-electron chi connectivity index (χ2n) is 34.7. The summed E-state index contributed by atoms with van der Waals surface area (Å²) >= 11 is 1.64. The molecule has 0 radical (unpaired) electrons. The average Bonchev–Trinajstić information content (AvgIpc) is 1.62. The molecule has 5 aromatic rings. The van der Waals surface area contributed by atoms with Crippen LogP contribution in [-0.2, 0) is 39.7 Å². The van der Waals surface area contributed by atoms with Gasteiger partial charge in [0, 0.05) is 69.0 Å². The van der Waals surface area contributed by atoms with Crippen molar-refractivity contribution >= 4 is 32.5 Å². The van der Waals surface area contributed by atoms with Crippen LogP contribution >= 0.6 is 11.8 Å². The highest BCUT2D eigenvalue weighted by molar-refractivity contribution is 8.00. The highest BCUT2D eigenvalue weighted by Crippen LogP contribution is 2.74. The molecule has 0 amide bonds. The van der Waals surface area contributed by atoms with Crippen LogP contribution in [0, 0.1) is 52.3 Å². The molecular formula is C83H97F10NO10S3. The van der Waals surface area contributed by atoms with Gasteiger partial charge in [0.15, 0.2) is 11.6 Å². The lowest BCUT2D eigenvalue weighted by atomic mass is 9.49. The number of benzene rings is 5. The monoisotopic (exact) mass is 1550 g/mol. The molecule has 11 nitrogen and oxygen atoms in total. The van der Waals surface area contributed by atoms with Crippen molar-refractivity contribution in [3.05, 3.63) is 160 Å². The second-order valence-corrected chi connectivity index (χ2v) is 39.0. The predicted octanol–water partition coefficient (Wildman–Crippen LogP) is 19.4. The molecule has 2 spiro atoms. The Morgan fingerprint density at radius 1 is 0.486 bits per heavy atom. The van der Waals surface area contributed by atoms with Crippen molar-refractivity contribution in [2.24, 2.45) is 49.1 Å². The number of allylic oxidation sites excluding steroid dienone is 2. The minimum absolute atomic E-state index is 0.00971. The Morgan fingerprint density at radius 2 is 0.841 bits per heavy atom. The molecule has 5 aromatic carbocycles. The molecule has 5 unspecified atom stereocenters. The van der Waals surface area contributed by atoms with E-state index in [0.29, 0.717) is 76.9 Å². The maximum absolute atomic E-state index is 15.6. The number of halogens is 10. The molecule has 8 aliphatic carbocycles. The zero-order chi connectivity index (χ0) is 77.2. The summed E-state index contributed by atoms with van der Waals surface area (Å²) in [6.07, 6.45) is -5.85. The second kappa shape index (κ2) is 26.8. The zero-order valence-corrected chi connectivity index (χ0v) is 64.3. The summed E-state index contributed by atoms with van der Waals surface area (Å²) in [6.45, 7) is 14.9. The van der Waals surface area contributed by atoms with Crippen molar-refractivity contribution in [3.63, 3.8) is 0 Å². The number of sulfonamides is 1. The van der Waals surface area contributed by atoms with E-state index in [9.17, 15) is 55.2 Å². The summed E-state index contributed by atoms with van der Waals surface area (Å²) in [6, 6.07) is 37.3. The van der Waals surface area contributed by atoms with Crippen LogP contribution in [0.15, 0.2) is 162 Å². The van der Waals surface area contributed by atoms with Crippen LogP contribution in [0.4, 0.5) is 43.9 Å². The van der Waals surface area contributed by atoms with Gasteiger partial charge >= 0.3 is 24.2 Å². The van der Waals surface area contributed by atoms with Crippen molar-refractivity contribution in [2.45, 2.75) is 236 Å². The van der Waals surface area contributed by atoms with Crippen LogP contribution in [0.25, 0.3) is 22.3 Å². The summed E-state index contributed by atoms with van der Waals surface area (Å²) in [5.74, 6) is -15.7. The molecule has 0 bridgehead atoms. The summed E-state index contributed by atoms with van der Waals surface area (Å²) < 4.78 is 202. The normalized spacial score (nSPS) is 34.0. The van der Waals surface area contributed by atoms with Crippen molar-refractivity contribution in [1.29, 1.82) is 0 Å². The van der Waals surface area contributed by atoms with Gasteiger partial charge in [0.25, 0.3) is 10.0 Å². The van der Waals surface area contributed by atoms with Crippen molar-refractivity contribution in [2.75, 3.05) is 38.9 Å². The standard InChI is InChI=1S/C45H52F5NO6S2.C38H45F5O4S/c1-28-6-16-33(17-7-28)59(54,55)51-58(5)32-14-12-30(13-15-32)29-8-10-31(11-9-29)35-24-40(4)36(20-23-43(40,53)44(46,47)45(48,49)50)34-18-21-41(52)25-42(22-19-37(41)38(34)35)56-26-39(2,3)27-57-42;1-32(2)21-46-35(47-22-32)17-14-30-31-27(13-16-34(30,44)20-35)29-15-18-36(45,37(39,40)38(41,42)43)33(29,3)19-28(31)25-7-5-23(6-8-25)24-9-11-26(48-4)12-10-24/h6-17,34-36,52-53H,18-27H2,1-5H3;5-12,27-29,44-45H,13-22H2,1-4H3/t34?,35-,36?,40+,41-,43+,58?;27?,28-,29?,33+,34-,36+/m11/s1. The lowest BCUT2D eigenvalue weighted by molar-refractivity contribution is -0.362. The molecule has 582 valence electrons. The Labute approximate surface area is 627 Å². The first kappa shape index (κ1) is 78.7. The van der Waals surface area contributed by atoms with Gasteiger partial charge in [-0.25, -0.2) is 0 Å². The zero-order valence-electron chi connectivity index (χ0n) is 61.8. The van der Waals surface area contributed by atoms with Crippen LogP contribution in [0.5, 0.6) is 0 Å². The molecular weight excluding hydrogens is 1460 g/mol. The molecule has 24 heteroatoms. The fraction of sp³-hybridized carbons (Fsp3) is 0.590. The minimum Gasteiger partial charge on any atom is -0.385 e. The first-order chi connectivity index (χ1) is 49.8. The van der Waals surface area contributed by atoms with Gasteiger partial charge in [-0.3, -0.25) is 0 Å². The van der Waals surface area contributed by atoms with Crippen LogP contribution in [0.3, 0.4) is 0 Å². The van der Waals surface area contributed by atoms with Gasteiger partial charge in [0.05, 0.1) is 42.5 Å². The summed E-state index contributed by atoms with van der Waals surface area (Å²) in [4.78, 5) is 1.97. The lowest BCUT2D eigenvalue weighted by Crippen LogP contribution is -2.65. The van der Waals surface area contributed by atoms with Gasteiger partial charge in [0.2, 0.25) is 0 Å². The highest BCUT2D eigenvalue weighted by atomic mass is 32.3. The number of nitrogens with zero attached hydrogens (tertiary/aromatic N) is 1. The largest absolute Gasteiger partial charge is 0.456 e. The molecule has 10 aliphatic rings. The third kappa shape index (κ3) is 13.2. The molecule has 4 N–H and O–H groups in total. The maximum Gasteiger partial charge on any atom is 0.456 e. The van der Waals surface area contributed by atoms with Gasteiger partial charge < -0.3 is 39.4 Å². The van der Waals surface area contributed by atoms with E-state index >= 15 is 17.6 Å². The molecule has 2 aliphatic heterocycles. The van der Waals surface area contributed by atoms with Gasteiger partial charge in [-0.2, -0.15) is 52.3 Å². The van der Waals surface area contributed by atoms with Crippen LogP contribution in [0.2, 0.25) is 0 Å². The number of rotatable bonds is 10. The van der Waals surface area contributed by atoms with E-state index in [-0.39, 0.29) is 66.6 Å². The van der Waals surface area contributed by atoms with E-state index in [0.717, 1.165) is 65.5 Å². The molecule has 15 rings (SSSR count).